The van der Waals surface area contributed by atoms with E-state index in [2.05, 4.69) is 15.5 Å². The lowest BCUT2D eigenvalue weighted by Crippen LogP contribution is -2.27. The van der Waals surface area contributed by atoms with Crippen LogP contribution in [0.15, 0.2) is 65.2 Å². The van der Waals surface area contributed by atoms with Gasteiger partial charge in [0, 0.05) is 5.56 Å². The second-order valence-corrected chi connectivity index (χ2v) is 6.59. The number of hydrogen-bond donors (Lipinski definition) is 1. The van der Waals surface area contributed by atoms with Crippen LogP contribution in [0, 0.1) is 12.7 Å². The van der Waals surface area contributed by atoms with Crippen LogP contribution in [0.4, 0.5) is 4.39 Å². The Bertz CT molecular complexity index is 1160. The van der Waals surface area contributed by atoms with Gasteiger partial charge in [-0.1, -0.05) is 47.6 Å². The Labute approximate surface area is 161 Å². The standard InChI is InChI=1S/C22H18FN3O2/c1-13(15-8-4-3-5-9-15)24-21(27)17-12-19(16-10-6-7-11-18(16)23)25-22-20(17)14(2)26-28-22/h3-13H,1-2H3,(H,24,27). The molecular formula is C22H18FN3O2. The van der Waals surface area contributed by atoms with E-state index in [9.17, 15) is 9.18 Å². The summed E-state index contributed by atoms with van der Waals surface area (Å²) in [5.74, 6) is -0.720. The zero-order valence-electron chi connectivity index (χ0n) is 15.4. The number of carbonyl (C=O) groups is 1. The van der Waals surface area contributed by atoms with Crippen LogP contribution in [0.1, 0.15) is 34.6 Å². The summed E-state index contributed by atoms with van der Waals surface area (Å²) in [4.78, 5) is 17.4. The van der Waals surface area contributed by atoms with Crippen LogP contribution < -0.4 is 5.32 Å². The van der Waals surface area contributed by atoms with Gasteiger partial charge in [0.25, 0.3) is 11.6 Å². The molecule has 6 heteroatoms. The quantitative estimate of drug-likeness (QED) is 0.555. The van der Waals surface area contributed by atoms with Crippen LogP contribution in [-0.4, -0.2) is 16.0 Å². The van der Waals surface area contributed by atoms with Crippen molar-refractivity contribution in [1.82, 2.24) is 15.5 Å². The number of halogens is 1. The highest BCUT2D eigenvalue weighted by Crippen LogP contribution is 2.28. The Balaban J connectivity index is 1.78. The van der Waals surface area contributed by atoms with Gasteiger partial charge in [0.1, 0.15) is 5.82 Å². The second-order valence-electron chi connectivity index (χ2n) is 6.59. The number of nitrogens with one attached hydrogen (secondary N) is 1. The first-order valence-corrected chi connectivity index (χ1v) is 8.92. The first-order chi connectivity index (χ1) is 13.5. The number of nitrogens with zero attached hydrogens (tertiary/aromatic N) is 2. The van der Waals surface area contributed by atoms with E-state index < -0.39 is 5.82 Å². The lowest BCUT2D eigenvalue weighted by molar-refractivity contribution is 0.0941. The van der Waals surface area contributed by atoms with Crippen LogP contribution in [0.25, 0.3) is 22.4 Å². The molecule has 5 nitrogen and oxygen atoms in total. The van der Waals surface area contributed by atoms with Gasteiger partial charge in [-0.2, -0.15) is 0 Å². The van der Waals surface area contributed by atoms with Crippen LogP contribution in [0.3, 0.4) is 0 Å². The smallest absolute Gasteiger partial charge is 0.259 e. The van der Waals surface area contributed by atoms with E-state index in [1.54, 1.807) is 31.2 Å². The number of rotatable bonds is 4. The van der Waals surface area contributed by atoms with E-state index in [4.69, 9.17) is 4.52 Å². The number of pyridine rings is 1. The van der Waals surface area contributed by atoms with Gasteiger partial charge >= 0.3 is 0 Å². The minimum absolute atomic E-state index is 0.200. The molecule has 28 heavy (non-hydrogen) atoms. The summed E-state index contributed by atoms with van der Waals surface area (Å²) >= 11 is 0. The fraction of sp³-hybridized carbons (Fsp3) is 0.136. The Kier molecular flexibility index (Phi) is 4.61. The average molecular weight is 375 g/mol. The van der Waals surface area contributed by atoms with E-state index >= 15 is 0 Å². The summed E-state index contributed by atoms with van der Waals surface area (Å²) in [6, 6.07) is 17.3. The van der Waals surface area contributed by atoms with E-state index in [1.165, 1.54) is 6.07 Å². The van der Waals surface area contributed by atoms with E-state index in [0.717, 1.165) is 5.56 Å². The maximum atomic E-state index is 14.3. The third kappa shape index (κ3) is 3.24. The molecule has 0 radical (unpaired) electrons. The maximum Gasteiger partial charge on any atom is 0.259 e. The summed E-state index contributed by atoms with van der Waals surface area (Å²) in [7, 11) is 0. The highest BCUT2D eigenvalue weighted by molar-refractivity contribution is 6.07. The van der Waals surface area contributed by atoms with Crippen molar-refractivity contribution in [3.8, 4) is 11.3 Å². The highest BCUT2D eigenvalue weighted by atomic mass is 19.1. The first-order valence-electron chi connectivity index (χ1n) is 8.92. The Hall–Kier alpha value is -3.54. The summed E-state index contributed by atoms with van der Waals surface area (Å²) < 4.78 is 19.5. The predicted octanol–water partition coefficient (Wildman–Crippen LogP) is 4.83. The van der Waals surface area contributed by atoms with Crippen molar-refractivity contribution in [3.05, 3.63) is 83.3 Å². The first kappa shape index (κ1) is 17.9. The molecule has 0 saturated heterocycles. The summed E-state index contributed by atoms with van der Waals surface area (Å²) in [6.07, 6.45) is 0. The maximum absolute atomic E-state index is 14.3. The molecule has 2 heterocycles. The Morgan fingerprint density at radius 3 is 2.57 bits per heavy atom. The van der Waals surface area contributed by atoms with Crippen molar-refractivity contribution in [1.29, 1.82) is 0 Å². The SMILES string of the molecule is Cc1noc2nc(-c3ccccc3F)cc(C(=O)NC(C)c3ccccc3)c12. The van der Waals surface area contributed by atoms with Crippen molar-refractivity contribution in [2.24, 2.45) is 0 Å². The van der Waals surface area contributed by atoms with E-state index in [-0.39, 0.29) is 17.7 Å². The Morgan fingerprint density at radius 2 is 1.82 bits per heavy atom. The number of hydrogen-bond acceptors (Lipinski definition) is 4. The highest BCUT2D eigenvalue weighted by Gasteiger charge is 2.21. The molecule has 140 valence electrons. The predicted molar refractivity (Wildman–Crippen MR) is 104 cm³/mol. The number of carbonyl (C=O) groups excluding carboxylic acids is 1. The van der Waals surface area contributed by atoms with E-state index in [1.807, 2.05) is 37.3 Å². The molecule has 0 spiro atoms. The van der Waals surface area contributed by atoms with Gasteiger partial charge in [0.05, 0.1) is 28.4 Å². The topological polar surface area (TPSA) is 68.0 Å². The van der Waals surface area contributed by atoms with Crippen molar-refractivity contribution in [2.45, 2.75) is 19.9 Å². The van der Waals surface area contributed by atoms with Gasteiger partial charge in [0.15, 0.2) is 0 Å². The van der Waals surface area contributed by atoms with Crippen molar-refractivity contribution < 1.29 is 13.7 Å². The largest absolute Gasteiger partial charge is 0.345 e. The normalized spacial score (nSPS) is 12.1. The van der Waals surface area contributed by atoms with Gasteiger partial charge in [0.2, 0.25) is 0 Å². The van der Waals surface area contributed by atoms with Crippen LogP contribution in [-0.2, 0) is 0 Å². The van der Waals surface area contributed by atoms with E-state index in [0.29, 0.717) is 27.9 Å². The molecule has 0 fully saturated rings. The van der Waals surface area contributed by atoms with Gasteiger partial charge in [-0.05, 0) is 37.6 Å². The number of fused-ring (bicyclic) bond motifs is 1. The molecule has 1 unspecified atom stereocenters. The third-order valence-corrected chi connectivity index (χ3v) is 4.66. The van der Waals surface area contributed by atoms with Gasteiger partial charge in [-0.25, -0.2) is 9.37 Å². The molecule has 4 rings (SSSR count). The molecule has 0 aliphatic heterocycles. The molecular weight excluding hydrogens is 357 g/mol. The van der Waals surface area contributed by atoms with Crippen LogP contribution in [0.5, 0.6) is 0 Å². The fourth-order valence-electron chi connectivity index (χ4n) is 3.18. The molecule has 1 atom stereocenters. The number of amides is 1. The summed E-state index contributed by atoms with van der Waals surface area (Å²) in [5.41, 5.74) is 2.71. The molecule has 4 aromatic rings. The second kappa shape index (κ2) is 7.23. The minimum Gasteiger partial charge on any atom is -0.345 e. The molecule has 1 amide bonds. The van der Waals surface area contributed by atoms with Crippen LogP contribution in [0.2, 0.25) is 0 Å². The van der Waals surface area contributed by atoms with Crippen molar-refractivity contribution in [3.63, 3.8) is 0 Å². The lowest BCUT2D eigenvalue weighted by atomic mass is 10.0. The van der Waals surface area contributed by atoms with Crippen molar-refractivity contribution >= 4 is 17.0 Å². The molecule has 1 N–H and O–H groups in total. The molecule has 0 aliphatic carbocycles. The zero-order valence-corrected chi connectivity index (χ0v) is 15.4. The molecule has 0 bridgehead atoms. The molecule has 2 aromatic carbocycles. The summed E-state index contributed by atoms with van der Waals surface area (Å²) in [6.45, 7) is 3.65. The van der Waals surface area contributed by atoms with Gasteiger partial charge in [-0.15, -0.1) is 0 Å². The zero-order chi connectivity index (χ0) is 19.7. The van der Waals surface area contributed by atoms with Gasteiger partial charge in [-0.3, -0.25) is 4.79 Å². The molecule has 0 saturated carbocycles. The molecule has 2 aromatic heterocycles. The number of benzene rings is 2. The molecule has 0 aliphatic rings. The Morgan fingerprint density at radius 1 is 1.11 bits per heavy atom. The monoisotopic (exact) mass is 375 g/mol. The lowest BCUT2D eigenvalue weighted by Gasteiger charge is -2.15. The third-order valence-electron chi connectivity index (χ3n) is 4.66. The van der Waals surface area contributed by atoms with Crippen LogP contribution >= 0.6 is 0 Å². The summed E-state index contributed by atoms with van der Waals surface area (Å²) in [5, 5.41) is 7.43. The van der Waals surface area contributed by atoms with Crippen molar-refractivity contribution in [2.75, 3.05) is 0 Å². The minimum atomic E-state index is -0.422. The van der Waals surface area contributed by atoms with Gasteiger partial charge < -0.3 is 9.84 Å². The average Bonchev–Trinajstić information content (AvgIpc) is 3.09. The number of aromatic nitrogens is 2. The number of aryl methyl sites for hydroxylation is 1. The fourth-order valence-corrected chi connectivity index (χ4v) is 3.18.